The lowest BCUT2D eigenvalue weighted by atomic mass is 10.1. The lowest BCUT2D eigenvalue weighted by Crippen LogP contribution is -2.43. The Morgan fingerprint density at radius 1 is 1.21 bits per heavy atom. The number of aliphatic hydroxyl groups is 1. The zero-order valence-corrected chi connectivity index (χ0v) is 19.8. The summed E-state index contributed by atoms with van der Waals surface area (Å²) in [7, 11) is 3.11. The van der Waals surface area contributed by atoms with Crippen molar-refractivity contribution in [1.29, 1.82) is 0 Å². The number of hydrogen-bond acceptors (Lipinski definition) is 5. The van der Waals surface area contributed by atoms with Crippen molar-refractivity contribution < 1.29 is 19.4 Å². The molecule has 1 aromatic carbocycles. The molecule has 9 heteroatoms. The van der Waals surface area contributed by atoms with Gasteiger partial charge in [0, 0.05) is 24.2 Å². The van der Waals surface area contributed by atoms with Gasteiger partial charge in [-0.15, -0.1) is 24.0 Å². The van der Waals surface area contributed by atoms with Gasteiger partial charge in [0.1, 0.15) is 18.0 Å². The van der Waals surface area contributed by atoms with Crippen LogP contribution in [0.15, 0.2) is 23.2 Å². The molecule has 28 heavy (non-hydrogen) atoms. The van der Waals surface area contributed by atoms with Gasteiger partial charge in [-0.25, -0.2) is 4.99 Å². The molecule has 1 unspecified atom stereocenters. The third-order valence-corrected chi connectivity index (χ3v) is 3.50. The number of halogens is 1. The zero-order chi connectivity index (χ0) is 20.4. The average molecular weight is 508 g/mol. The van der Waals surface area contributed by atoms with Gasteiger partial charge in [0.25, 0.3) is 0 Å². The molecule has 4 N–H and O–H groups in total. The predicted octanol–water partition coefficient (Wildman–Crippen LogP) is 1.83. The summed E-state index contributed by atoms with van der Waals surface area (Å²) < 4.78 is 10.5. The van der Waals surface area contributed by atoms with Crippen molar-refractivity contribution >= 4 is 35.8 Å². The quantitative estimate of drug-likeness (QED) is 0.243. The molecule has 8 nitrogen and oxygen atoms in total. The maximum absolute atomic E-state index is 11.9. The molecule has 1 atom stereocenters. The fourth-order valence-corrected chi connectivity index (χ4v) is 2.35. The number of ether oxygens (including phenoxy) is 2. The number of aliphatic hydroxyl groups excluding tert-OH is 1. The molecule has 0 heterocycles. The highest BCUT2D eigenvalue weighted by molar-refractivity contribution is 14.0. The molecular formula is C19H33IN4O4. The van der Waals surface area contributed by atoms with Crippen LogP contribution < -0.4 is 25.4 Å². The van der Waals surface area contributed by atoms with E-state index in [2.05, 4.69) is 20.9 Å². The molecule has 0 radical (unpaired) electrons. The van der Waals surface area contributed by atoms with Gasteiger partial charge in [0.15, 0.2) is 5.96 Å². The summed E-state index contributed by atoms with van der Waals surface area (Å²) >= 11 is 0. The third-order valence-electron chi connectivity index (χ3n) is 3.50. The van der Waals surface area contributed by atoms with E-state index >= 15 is 0 Å². The summed E-state index contributed by atoms with van der Waals surface area (Å²) in [6, 6.07) is 5.24. The highest BCUT2D eigenvalue weighted by Crippen LogP contribution is 2.28. The van der Waals surface area contributed by atoms with Crippen LogP contribution >= 0.6 is 24.0 Å². The van der Waals surface area contributed by atoms with Crippen LogP contribution in [0, 0.1) is 0 Å². The number of carbonyl (C=O) groups excluding carboxylic acids is 1. The summed E-state index contributed by atoms with van der Waals surface area (Å²) in [5, 5.41) is 19.5. The smallest absolute Gasteiger partial charge is 0.242 e. The van der Waals surface area contributed by atoms with Crippen molar-refractivity contribution in [2.24, 2.45) is 4.99 Å². The number of guanidine groups is 1. The SMILES string of the molecule is CCNC(=NCC(=O)NC(C)(C)C)NCC(O)c1cc(OC)ccc1OC.I. The number of benzene rings is 1. The molecular weight excluding hydrogens is 475 g/mol. The Labute approximate surface area is 184 Å². The van der Waals surface area contributed by atoms with Crippen molar-refractivity contribution in [3.05, 3.63) is 23.8 Å². The minimum atomic E-state index is -0.845. The van der Waals surface area contributed by atoms with Gasteiger partial charge in [-0.3, -0.25) is 4.79 Å². The maximum atomic E-state index is 11.9. The van der Waals surface area contributed by atoms with E-state index in [-0.39, 0.29) is 48.5 Å². The second kappa shape index (κ2) is 12.7. The predicted molar refractivity (Wildman–Crippen MR) is 122 cm³/mol. The summed E-state index contributed by atoms with van der Waals surface area (Å²) in [4.78, 5) is 16.2. The van der Waals surface area contributed by atoms with Crippen LogP contribution in [-0.4, -0.2) is 56.4 Å². The molecule has 1 rings (SSSR count). The van der Waals surface area contributed by atoms with Gasteiger partial charge in [0.2, 0.25) is 5.91 Å². The van der Waals surface area contributed by atoms with E-state index in [4.69, 9.17) is 9.47 Å². The second-order valence-corrected chi connectivity index (χ2v) is 7.00. The van der Waals surface area contributed by atoms with Crippen LogP contribution in [0.2, 0.25) is 0 Å². The van der Waals surface area contributed by atoms with Crippen molar-refractivity contribution in [3.8, 4) is 11.5 Å². The van der Waals surface area contributed by atoms with E-state index in [0.717, 1.165) is 0 Å². The Bertz CT molecular complexity index is 647. The zero-order valence-electron chi connectivity index (χ0n) is 17.5. The molecule has 0 aliphatic rings. The monoisotopic (exact) mass is 508 g/mol. The largest absolute Gasteiger partial charge is 0.497 e. The number of nitrogens with zero attached hydrogens (tertiary/aromatic N) is 1. The Balaban J connectivity index is 0.00000729. The third kappa shape index (κ3) is 9.45. The van der Waals surface area contributed by atoms with Crippen molar-refractivity contribution in [2.75, 3.05) is 33.9 Å². The van der Waals surface area contributed by atoms with Crippen LogP contribution in [0.3, 0.4) is 0 Å². The van der Waals surface area contributed by atoms with Gasteiger partial charge in [0.05, 0.1) is 20.3 Å². The molecule has 0 bridgehead atoms. The lowest BCUT2D eigenvalue weighted by molar-refractivity contribution is -0.121. The van der Waals surface area contributed by atoms with Crippen molar-refractivity contribution in [3.63, 3.8) is 0 Å². The summed E-state index contributed by atoms with van der Waals surface area (Å²) in [6.45, 7) is 8.47. The fourth-order valence-electron chi connectivity index (χ4n) is 2.35. The molecule has 1 amide bonds. The molecule has 1 aromatic rings. The summed E-state index contributed by atoms with van der Waals surface area (Å²) in [5.74, 6) is 1.47. The van der Waals surface area contributed by atoms with E-state index in [9.17, 15) is 9.90 Å². The van der Waals surface area contributed by atoms with Gasteiger partial charge in [-0.2, -0.15) is 0 Å². The number of hydrogen-bond donors (Lipinski definition) is 4. The fraction of sp³-hybridized carbons (Fsp3) is 0.579. The van der Waals surface area contributed by atoms with Crippen molar-refractivity contribution in [1.82, 2.24) is 16.0 Å². The normalized spacial score (nSPS) is 12.5. The van der Waals surface area contributed by atoms with E-state index in [0.29, 0.717) is 29.6 Å². The van der Waals surface area contributed by atoms with E-state index in [1.54, 1.807) is 32.4 Å². The highest BCUT2D eigenvalue weighted by atomic mass is 127. The van der Waals surface area contributed by atoms with Crippen LogP contribution in [-0.2, 0) is 4.79 Å². The number of nitrogens with one attached hydrogen (secondary N) is 3. The number of aliphatic imine (C=N–C) groups is 1. The summed E-state index contributed by atoms with van der Waals surface area (Å²) in [6.07, 6.45) is -0.845. The Morgan fingerprint density at radius 2 is 1.89 bits per heavy atom. The van der Waals surface area contributed by atoms with E-state index < -0.39 is 6.10 Å². The Morgan fingerprint density at radius 3 is 2.43 bits per heavy atom. The van der Waals surface area contributed by atoms with Crippen LogP contribution in [0.4, 0.5) is 0 Å². The first kappa shape index (κ1) is 26.2. The van der Waals surface area contributed by atoms with E-state index in [1.165, 1.54) is 0 Å². The highest BCUT2D eigenvalue weighted by Gasteiger charge is 2.16. The average Bonchev–Trinajstić information content (AvgIpc) is 2.61. The first-order valence-electron chi connectivity index (χ1n) is 8.93. The molecule has 0 aromatic heterocycles. The van der Waals surface area contributed by atoms with Crippen molar-refractivity contribution in [2.45, 2.75) is 39.3 Å². The Kier molecular flexibility index (Phi) is 11.9. The van der Waals surface area contributed by atoms with Gasteiger partial charge in [-0.1, -0.05) is 0 Å². The van der Waals surface area contributed by atoms with Crippen LogP contribution in [0.5, 0.6) is 11.5 Å². The maximum Gasteiger partial charge on any atom is 0.242 e. The van der Waals surface area contributed by atoms with Gasteiger partial charge in [-0.05, 0) is 45.9 Å². The van der Waals surface area contributed by atoms with E-state index in [1.807, 2.05) is 27.7 Å². The van der Waals surface area contributed by atoms with Crippen LogP contribution in [0.1, 0.15) is 39.4 Å². The number of methoxy groups -OCH3 is 2. The molecule has 160 valence electrons. The first-order chi connectivity index (χ1) is 12.7. The topological polar surface area (TPSA) is 104 Å². The molecule has 0 aliphatic heterocycles. The van der Waals surface area contributed by atoms with Crippen LogP contribution in [0.25, 0.3) is 0 Å². The van der Waals surface area contributed by atoms with Gasteiger partial charge < -0.3 is 30.5 Å². The number of carbonyl (C=O) groups is 1. The minimum Gasteiger partial charge on any atom is -0.497 e. The first-order valence-corrected chi connectivity index (χ1v) is 8.93. The lowest BCUT2D eigenvalue weighted by Gasteiger charge is -2.20. The Hall–Kier alpha value is -1.75. The minimum absolute atomic E-state index is 0. The molecule has 0 fully saturated rings. The molecule has 0 spiro atoms. The number of amides is 1. The second-order valence-electron chi connectivity index (χ2n) is 7.00. The molecule has 0 saturated heterocycles. The molecule has 0 saturated carbocycles. The van der Waals surface area contributed by atoms with Gasteiger partial charge >= 0.3 is 0 Å². The summed E-state index contributed by atoms with van der Waals surface area (Å²) in [5.41, 5.74) is 0.294. The standard InChI is InChI=1S/C19H32N4O4.HI/c1-7-20-18(22-12-17(25)23-19(2,3)4)21-11-15(24)14-10-13(26-5)8-9-16(14)27-6;/h8-10,15,24H,7,11-12H2,1-6H3,(H,23,25)(H2,20,21,22);1H. The molecule has 0 aliphatic carbocycles. The number of rotatable bonds is 8.